The van der Waals surface area contributed by atoms with Gasteiger partial charge in [-0.15, -0.1) is 0 Å². The fourth-order valence-corrected chi connectivity index (χ4v) is 0.947. The average Bonchev–Trinajstić information content (AvgIpc) is 1.79. The van der Waals surface area contributed by atoms with Gasteiger partial charge in [-0.05, 0) is 18.6 Å². The molecule has 0 amide bonds. The number of carbonyl (C=O) groups is 1. The average molecular weight is 146 g/mol. The summed E-state index contributed by atoms with van der Waals surface area (Å²) < 4.78 is 24.8. The molecule has 0 radical (unpaired) electrons. The lowest BCUT2D eigenvalue weighted by atomic mass is 9.97. The van der Waals surface area contributed by atoms with Crippen molar-refractivity contribution in [3.8, 4) is 0 Å². The lowest BCUT2D eigenvalue weighted by molar-refractivity contribution is -0.118. The number of allylic oxidation sites excluding steroid dienone is 2. The van der Waals surface area contributed by atoms with Crippen molar-refractivity contribution in [3.63, 3.8) is 0 Å². The molecule has 3 heteroatoms. The molecule has 0 bridgehead atoms. The number of hydrogen-bond donors (Lipinski definition) is 0. The molecule has 1 nitrogen and oxygen atoms in total. The van der Waals surface area contributed by atoms with E-state index < -0.39 is 5.92 Å². The standard InChI is InChI=1S/C7H8F2O/c1-5-4-7(8,9)3-2-6(5)10/h4H,2-3H2,1H3. The second-order valence-electron chi connectivity index (χ2n) is 2.51. The molecule has 1 aliphatic carbocycles. The molecule has 0 aromatic rings. The summed E-state index contributed by atoms with van der Waals surface area (Å²) >= 11 is 0. The summed E-state index contributed by atoms with van der Waals surface area (Å²) in [6.45, 7) is 1.43. The van der Waals surface area contributed by atoms with Crippen molar-refractivity contribution >= 4 is 5.78 Å². The maximum atomic E-state index is 12.4. The molecule has 0 atom stereocenters. The number of rotatable bonds is 0. The first-order valence-electron chi connectivity index (χ1n) is 3.12. The first-order chi connectivity index (χ1) is 4.51. The number of ketones is 1. The quantitative estimate of drug-likeness (QED) is 0.510. The minimum atomic E-state index is -2.75. The second kappa shape index (κ2) is 2.15. The van der Waals surface area contributed by atoms with E-state index >= 15 is 0 Å². The van der Waals surface area contributed by atoms with Crippen LogP contribution in [0.5, 0.6) is 0 Å². The minimum absolute atomic E-state index is 0.0185. The van der Waals surface area contributed by atoms with Gasteiger partial charge in [0, 0.05) is 12.8 Å². The molecule has 1 aliphatic rings. The Labute approximate surface area is 57.7 Å². The molecule has 0 fully saturated rings. The number of Topliss-reactive ketones (excluding diaryl/α,β-unsaturated/α-hetero) is 1. The topological polar surface area (TPSA) is 17.1 Å². The van der Waals surface area contributed by atoms with Crippen molar-refractivity contribution in [2.45, 2.75) is 25.7 Å². The maximum Gasteiger partial charge on any atom is 0.267 e. The molecule has 0 heterocycles. The van der Waals surface area contributed by atoms with Gasteiger partial charge in [0.05, 0.1) is 0 Å². The summed E-state index contributed by atoms with van der Waals surface area (Å²) in [5.41, 5.74) is 0.191. The van der Waals surface area contributed by atoms with Crippen molar-refractivity contribution in [1.82, 2.24) is 0 Å². The highest BCUT2D eigenvalue weighted by atomic mass is 19.3. The Kier molecular flexibility index (Phi) is 1.58. The maximum absolute atomic E-state index is 12.4. The molecule has 10 heavy (non-hydrogen) atoms. The first-order valence-corrected chi connectivity index (χ1v) is 3.12. The SMILES string of the molecule is CC1=CC(F)(F)CCC1=O. The molecule has 0 N–H and O–H groups in total. The molecule has 0 aromatic heterocycles. The van der Waals surface area contributed by atoms with E-state index in [2.05, 4.69) is 0 Å². The van der Waals surface area contributed by atoms with Crippen molar-refractivity contribution in [2.24, 2.45) is 0 Å². The van der Waals surface area contributed by atoms with E-state index in [4.69, 9.17) is 0 Å². The highest BCUT2D eigenvalue weighted by Crippen LogP contribution is 2.28. The summed E-state index contributed by atoms with van der Waals surface area (Å²) in [5.74, 6) is -2.91. The third-order valence-corrected chi connectivity index (χ3v) is 1.55. The number of carbonyl (C=O) groups excluding carboxylic acids is 1. The molecule has 0 spiro atoms. The van der Waals surface area contributed by atoms with Crippen LogP contribution in [-0.4, -0.2) is 11.7 Å². The van der Waals surface area contributed by atoms with Gasteiger partial charge in [-0.2, -0.15) is 0 Å². The number of alkyl halides is 2. The molecule has 56 valence electrons. The number of hydrogen-bond acceptors (Lipinski definition) is 1. The van der Waals surface area contributed by atoms with Gasteiger partial charge in [0.25, 0.3) is 5.92 Å². The van der Waals surface area contributed by atoms with E-state index in [0.29, 0.717) is 0 Å². The molecule has 0 aliphatic heterocycles. The van der Waals surface area contributed by atoms with Gasteiger partial charge < -0.3 is 0 Å². The van der Waals surface area contributed by atoms with Gasteiger partial charge in [0.15, 0.2) is 5.78 Å². The van der Waals surface area contributed by atoms with Gasteiger partial charge in [-0.1, -0.05) is 0 Å². The fraction of sp³-hybridized carbons (Fsp3) is 0.571. The molecule has 0 saturated carbocycles. The predicted octanol–water partition coefficient (Wildman–Crippen LogP) is 1.93. The highest BCUT2D eigenvalue weighted by molar-refractivity contribution is 5.95. The van der Waals surface area contributed by atoms with Crippen LogP contribution in [0.25, 0.3) is 0 Å². The van der Waals surface area contributed by atoms with Gasteiger partial charge in [-0.3, -0.25) is 4.79 Å². The Morgan fingerprint density at radius 2 is 2.20 bits per heavy atom. The van der Waals surface area contributed by atoms with Crippen molar-refractivity contribution in [3.05, 3.63) is 11.6 Å². The van der Waals surface area contributed by atoms with Crippen LogP contribution in [0.2, 0.25) is 0 Å². The molecular weight excluding hydrogens is 138 g/mol. The van der Waals surface area contributed by atoms with E-state index in [9.17, 15) is 13.6 Å². The van der Waals surface area contributed by atoms with Crippen molar-refractivity contribution < 1.29 is 13.6 Å². The van der Waals surface area contributed by atoms with Gasteiger partial charge in [0.1, 0.15) is 0 Å². The number of halogens is 2. The van der Waals surface area contributed by atoms with Crippen LogP contribution in [0.1, 0.15) is 19.8 Å². The van der Waals surface area contributed by atoms with Gasteiger partial charge in [0.2, 0.25) is 0 Å². The third-order valence-electron chi connectivity index (χ3n) is 1.55. The Balaban J connectivity index is 2.86. The van der Waals surface area contributed by atoms with Crippen LogP contribution >= 0.6 is 0 Å². The van der Waals surface area contributed by atoms with E-state index in [1.807, 2.05) is 0 Å². The highest BCUT2D eigenvalue weighted by Gasteiger charge is 2.31. The molecule has 1 rings (SSSR count). The Bertz CT molecular complexity index is 194. The van der Waals surface area contributed by atoms with E-state index in [1.165, 1.54) is 6.92 Å². The normalized spacial score (nSPS) is 24.3. The Morgan fingerprint density at radius 1 is 1.60 bits per heavy atom. The van der Waals surface area contributed by atoms with Gasteiger partial charge in [-0.25, -0.2) is 8.78 Å². The Hall–Kier alpha value is -0.730. The van der Waals surface area contributed by atoms with Gasteiger partial charge >= 0.3 is 0 Å². The summed E-state index contributed by atoms with van der Waals surface area (Å²) in [6, 6.07) is 0. The van der Waals surface area contributed by atoms with Crippen LogP contribution in [0.15, 0.2) is 11.6 Å². The first kappa shape index (κ1) is 7.38. The molecule has 0 saturated heterocycles. The third kappa shape index (κ3) is 1.40. The minimum Gasteiger partial charge on any atom is -0.295 e. The van der Waals surface area contributed by atoms with Crippen LogP contribution in [0.4, 0.5) is 8.78 Å². The van der Waals surface area contributed by atoms with Crippen LogP contribution in [0, 0.1) is 0 Å². The van der Waals surface area contributed by atoms with E-state index in [0.717, 1.165) is 6.08 Å². The summed E-state index contributed by atoms with van der Waals surface area (Å²) in [4.78, 5) is 10.7. The molecule has 0 aromatic carbocycles. The second-order valence-corrected chi connectivity index (χ2v) is 2.51. The predicted molar refractivity (Wildman–Crippen MR) is 32.9 cm³/mol. The fourth-order valence-electron chi connectivity index (χ4n) is 0.947. The van der Waals surface area contributed by atoms with E-state index in [1.54, 1.807) is 0 Å². The van der Waals surface area contributed by atoms with Crippen molar-refractivity contribution in [1.29, 1.82) is 0 Å². The molecule has 0 unspecified atom stereocenters. The summed E-state index contributed by atoms with van der Waals surface area (Å²) in [7, 11) is 0. The Morgan fingerprint density at radius 3 is 2.60 bits per heavy atom. The summed E-state index contributed by atoms with van der Waals surface area (Å²) in [6.07, 6.45) is 0.400. The zero-order valence-electron chi connectivity index (χ0n) is 5.66. The smallest absolute Gasteiger partial charge is 0.267 e. The lowest BCUT2D eigenvalue weighted by Gasteiger charge is -2.17. The lowest BCUT2D eigenvalue weighted by Crippen LogP contribution is -2.21. The molecular formula is C7H8F2O. The van der Waals surface area contributed by atoms with E-state index in [-0.39, 0.29) is 24.2 Å². The summed E-state index contributed by atoms with van der Waals surface area (Å²) in [5, 5.41) is 0. The van der Waals surface area contributed by atoms with Crippen LogP contribution in [-0.2, 0) is 4.79 Å². The zero-order valence-corrected chi connectivity index (χ0v) is 5.66. The van der Waals surface area contributed by atoms with Crippen LogP contribution < -0.4 is 0 Å². The van der Waals surface area contributed by atoms with Crippen LogP contribution in [0.3, 0.4) is 0 Å². The largest absolute Gasteiger partial charge is 0.295 e. The zero-order chi connectivity index (χ0) is 7.78. The monoisotopic (exact) mass is 146 g/mol. The van der Waals surface area contributed by atoms with Crippen molar-refractivity contribution in [2.75, 3.05) is 0 Å².